The zero-order valence-electron chi connectivity index (χ0n) is 21.3. The third kappa shape index (κ3) is 3.24. The predicted molar refractivity (Wildman–Crippen MR) is 142 cm³/mol. The highest BCUT2D eigenvalue weighted by Crippen LogP contribution is 2.57. The molecule has 184 valence electrons. The van der Waals surface area contributed by atoms with E-state index in [2.05, 4.69) is 71.7 Å². The van der Waals surface area contributed by atoms with E-state index in [1.54, 1.807) is 0 Å². The van der Waals surface area contributed by atoms with Crippen LogP contribution in [0.1, 0.15) is 53.2 Å². The van der Waals surface area contributed by atoms with E-state index in [-0.39, 0.29) is 11.3 Å². The third-order valence-corrected chi connectivity index (χ3v) is 8.60. The van der Waals surface area contributed by atoms with Crippen molar-refractivity contribution in [2.75, 3.05) is 0 Å². The van der Waals surface area contributed by atoms with Crippen LogP contribution in [-0.2, 0) is 25.3 Å². The predicted octanol–water partition coefficient (Wildman–Crippen LogP) is 6.05. The van der Waals surface area contributed by atoms with Gasteiger partial charge in [-0.2, -0.15) is 0 Å². The number of fused-ring (bicyclic) bond motifs is 4. The lowest BCUT2D eigenvalue weighted by Crippen LogP contribution is -2.48. The van der Waals surface area contributed by atoms with E-state index in [1.807, 2.05) is 37.3 Å². The summed E-state index contributed by atoms with van der Waals surface area (Å²) in [4.78, 5) is 14.5. The Morgan fingerprint density at radius 1 is 0.973 bits per heavy atom. The quantitative estimate of drug-likeness (QED) is 0.310. The van der Waals surface area contributed by atoms with E-state index in [0.29, 0.717) is 5.92 Å². The van der Waals surface area contributed by atoms with Crippen molar-refractivity contribution in [2.45, 2.75) is 44.4 Å². The Morgan fingerprint density at radius 3 is 2.51 bits per heavy atom. The minimum absolute atomic E-state index is 0.246. The Kier molecular flexibility index (Phi) is 4.93. The highest BCUT2D eigenvalue weighted by Gasteiger charge is 2.54. The molecule has 6 heteroatoms. The molecule has 0 bridgehead atoms. The largest absolute Gasteiger partial charge is 0.361 e. The molecule has 0 radical (unpaired) electrons. The van der Waals surface area contributed by atoms with E-state index in [1.165, 1.54) is 22.4 Å². The number of benzene rings is 2. The lowest BCUT2D eigenvalue weighted by molar-refractivity contribution is 0.188. The van der Waals surface area contributed by atoms with Gasteiger partial charge in [-0.1, -0.05) is 66.7 Å². The number of rotatable bonds is 3. The minimum Gasteiger partial charge on any atom is -0.361 e. The van der Waals surface area contributed by atoms with Gasteiger partial charge in [0, 0.05) is 35.1 Å². The summed E-state index contributed by atoms with van der Waals surface area (Å²) < 4.78 is 7.80. The molecule has 2 aliphatic rings. The molecule has 0 spiro atoms. The van der Waals surface area contributed by atoms with Crippen molar-refractivity contribution in [3.8, 4) is 22.5 Å². The van der Waals surface area contributed by atoms with Gasteiger partial charge in [0.15, 0.2) is 0 Å². The van der Waals surface area contributed by atoms with Gasteiger partial charge in [-0.25, -0.2) is 15.0 Å². The average Bonchev–Trinajstić information content (AvgIpc) is 3.58. The standard InChI is InChI=1S/C31H29N5O/c1-19-26-14-13-25-28(22-11-9-21(10-12-22)27-17-32-18-36(27)3)34-20(2)35-30(25)31(26,24-7-5-4-6-8-24)15-23-16-33-37-29(19)23/h4-12,16-19,26H,13-15H2,1-3H3/t19-,26-,31+/m0/s1. The summed E-state index contributed by atoms with van der Waals surface area (Å²) in [6.07, 6.45) is 8.48. The van der Waals surface area contributed by atoms with Crippen molar-refractivity contribution in [1.82, 2.24) is 24.7 Å². The molecule has 0 amide bonds. The van der Waals surface area contributed by atoms with Crippen LogP contribution in [-0.4, -0.2) is 24.7 Å². The summed E-state index contributed by atoms with van der Waals surface area (Å²) in [5.74, 6) is 2.48. The molecule has 2 aliphatic carbocycles. The number of hydrogen-bond acceptors (Lipinski definition) is 5. The van der Waals surface area contributed by atoms with Gasteiger partial charge in [0.2, 0.25) is 0 Å². The lowest BCUT2D eigenvalue weighted by Gasteiger charge is -2.50. The molecule has 0 fully saturated rings. The van der Waals surface area contributed by atoms with Gasteiger partial charge in [0.05, 0.1) is 35.8 Å². The van der Waals surface area contributed by atoms with Gasteiger partial charge >= 0.3 is 0 Å². The van der Waals surface area contributed by atoms with Gasteiger partial charge in [-0.15, -0.1) is 0 Å². The SMILES string of the molecule is Cc1nc(-c2ccc(-c3cncn3C)cc2)c2c(n1)[C@@]1(c3ccccc3)Cc3cnoc3[C@@H](C)[C@@H]1CC2. The topological polar surface area (TPSA) is 69.6 Å². The lowest BCUT2D eigenvalue weighted by atomic mass is 9.53. The Labute approximate surface area is 216 Å². The first-order valence-corrected chi connectivity index (χ1v) is 13.0. The van der Waals surface area contributed by atoms with Crippen LogP contribution in [0.5, 0.6) is 0 Å². The number of nitrogens with zero attached hydrogens (tertiary/aromatic N) is 5. The van der Waals surface area contributed by atoms with E-state index in [0.717, 1.165) is 53.4 Å². The second-order valence-corrected chi connectivity index (χ2v) is 10.6. The molecule has 2 aromatic carbocycles. The molecule has 3 heterocycles. The number of hydrogen-bond donors (Lipinski definition) is 0. The van der Waals surface area contributed by atoms with Crippen LogP contribution in [0, 0.1) is 12.8 Å². The summed E-state index contributed by atoms with van der Waals surface area (Å²) in [5.41, 5.74) is 9.13. The van der Waals surface area contributed by atoms with E-state index < -0.39 is 0 Å². The molecular formula is C31H29N5O. The zero-order valence-corrected chi connectivity index (χ0v) is 21.3. The van der Waals surface area contributed by atoms with Crippen molar-refractivity contribution in [3.05, 3.63) is 107 Å². The first-order valence-electron chi connectivity index (χ1n) is 13.0. The van der Waals surface area contributed by atoms with E-state index >= 15 is 0 Å². The molecule has 0 aliphatic heterocycles. The maximum absolute atomic E-state index is 5.76. The molecule has 0 unspecified atom stereocenters. The minimum atomic E-state index is -0.246. The molecular weight excluding hydrogens is 458 g/mol. The molecule has 3 atom stereocenters. The third-order valence-electron chi connectivity index (χ3n) is 8.60. The first-order chi connectivity index (χ1) is 18.1. The molecule has 6 nitrogen and oxygen atoms in total. The monoisotopic (exact) mass is 487 g/mol. The first kappa shape index (κ1) is 22.2. The number of imidazole rings is 1. The summed E-state index contributed by atoms with van der Waals surface area (Å²) in [6, 6.07) is 19.6. The summed E-state index contributed by atoms with van der Waals surface area (Å²) in [5, 5.41) is 4.20. The van der Waals surface area contributed by atoms with Gasteiger partial charge in [0.25, 0.3) is 0 Å². The van der Waals surface area contributed by atoms with Crippen molar-refractivity contribution in [2.24, 2.45) is 13.0 Å². The Morgan fingerprint density at radius 2 is 1.76 bits per heavy atom. The summed E-state index contributed by atoms with van der Waals surface area (Å²) in [6.45, 7) is 4.32. The Balaban J connectivity index is 1.43. The number of aryl methyl sites for hydroxylation is 2. The number of aromatic nitrogens is 5. The van der Waals surface area contributed by atoms with Crippen LogP contribution < -0.4 is 0 Å². The maximum Gasteiger partial charge on any atom is 0.143 e. The fourth-order valence-corrected chi connectivity index (χ4v) is 6.94. The van der Waals surface area contributed by atoms with Crippen LogP contribution in [0.25, 0.3) is 22.5 Å². The normalized spacial score (nSPS) is 22.2. The highest BCUT2D eigenvalue weighted by atomic mass is 16.5. The van der Waals surface area contributed by atoms with Crippen molar-refractivity contribution in [1.29, 1.82) is 0 Å². The molecule has 0 saturated heterocycles. The highest BCUT2D eigenvalue weighted by molar-refractivity contribution is 5.70. The molecule has 3 aromatic heterocycles. The summed E-state index contributed by atoms with van der Waals surface area (Å²) in [7, 11) is 2.02. The van der Waals surface area contributed by atoms with Crippen LogP contribution in [0.15, 0.2) is 77.8 Å². The molecule has 7 rings (SSSR count). The molecule has 0 N–H and O–H groups in total. The Bertz CT molecular complexity index is 1600. The van der Waals surface area contributed by atoms with Crippen molar-refractivity contribution >= 4 is 0 Å². The average molecular weight is 488 g/mol. The van der Waals surface area contributed by atoms with Crippen molar-refractivity contribution in [3.63, 3.8) is 0 Å². The molecule has 37 heavy (non-hydrogen) atoms. The van der Waals surface area contributed by atoms with Crippen molar-refractivity contribution < 1.29 is 4.52 Å². The molecule has 0 saturated carbocycles. The van der Waals surface area contributed by atoms with Crippen LogP contribution in [0.2, 0.25) is 0 Å². The summed E-state index contributed by atoms with van der Waals surface area (Å²) >= 11 is 0. The smallest absolute Gasteiger partial charge is 0.143 e. The van der Waals surface area contributed by atoms with Crippen LogP contribution >= 0.6 is 0 Å². The van der Waals surface area contributed by atoms with E-state index in [4.69, 9.17) is 14.5 Å². The van der Waals surface area contributed by atoms with Gasteiger partial charge in [-0.3, -0.25) is 0 Å². The van der Waals surface area contributed by atoms with Gasteiger partial charge in [0.1, 0.15) is 11.6 Å². The second kappa shape index (κ2) is 8.23. The zero-order chi connectivity index (χ0) is 25.1. The molecule has 5 aromatic rings. The van der Waals surface area contributed by atoms with Crippen LogP contribution in [0.3, 0.4) is 0 Å². The van der Waals surface area contributed by atoms with Gasteiger partial charge < -0.3 is 9.09 Å². The Hall–Kier alpha value is -4.06. The fourth-order valence-electron chi connectivity index (χ4n) is 6.94. The second-order valence-electron chi connectivity index (χ2n) is 10.6. The fraction of sp³-hybridized carbons (Fsp3) is 0.290. The van der Waals surface area contributed by atoms with Crippen LogP contribution in [0.4, 0.5) is 0 Å². The maximum atomic E-state index is 5.76. The van der Waals surface area contributed by atoms with Gasteiger partial charge in [-0.05, 0) is 43.2 Å². The van der Waals surface area contributed by atoms with E-state index in [9.17, 15) is 0 Å².